The Kier molecular flexibility index (Phi) is 6.14. The average molecular weight is 471 g/mol. The van der Waals surface area contributed by atoms with Crippen LogP contribution in [0.15, 0.2) is 108 Å². The Morgan fingerprint density at radius 1 is 0.824 bits per heavy atom. The van der Waals surface area contributed by atoms with Crippen molar-refractivity contribution in [3.05, 3.63) is 108 Å². The highest BCUT2D eigenvalue weighted by Gasteiger charge is 2.24. The van der Waals surface area contributed by atoms with E-state index in [0.717, 1.165) is 5.52 Å². The number of benzene rings is 4. The third-order valence-corrected chi connectivity index (χ3v) is 5.28. The third-order valence-electron chi connectivity index (χ3n) is 4.95. The topological polar surface area (TPSA) is 73.6 Å². The minimum absolute atomic E-state index is 0.353. The van der Waals surface area contributed by atoms with Gasteiger partial charge < -0.3 is 19.2 Å². The van der Waals surface area contributed by atoms with Crippen LogP contribution in [-0.4, -0.2) is 17.2 Å². The monoisotopic (exact) mass is 470 g/mol. The Balaban J connectivity index is 1.41. The zero-order valence-electron chi connectivity index (χ0n) is 17.9. The molecule has 34 heavy (non-hydrogen) atoms. The lowest BCUT2D eigenvalue weighted by Gasteiger charge is -2.20. The number of hydrogen-bond donors (Lipinski definition) is 1. The molecular weight excluding hydrogens is 452 g/mol. The maximum Gasteiger partial charge on any atom is 0.321 e. The van der Waals surface area contributed by atoms with Gasteiger partial charge in [0, 0.05) is 5.56 Å². The maximum absolute atomic E-state index is 13.2. The number of amides is 1. The molecule has 0 aliphatic heterocycles. The molecular formula is C27H19ClN2O4. The number of halogens is 1. The minimum atomic E-state index is -1.26. The van der Waals surface area contributed by atoms with Crippen molar-refractivity contribution in [2.24, 2.45) is 0 Å². The Morgan fingerprint density at radius 3 is 2.09 bits per heavy atom. The molecule has 0 aliphatic carbocycles. The summed E-state index contributed by atoms with van der Waals surface area (Å²) in [4.78, 5) is 17.7. The molecule has 0 spiro atoms. The van der Waals surface area contributed by atoms with Crippen molar-refractivity contribution < 1.29 is 18.7 Å². The fourth-order valence-corrected chi connectivity index (χ4v) is 3.48. The van der Waals surface area contributed by atoms with Crippen LogP contribution in [0.3, 0.4) is 0 Å². The molecule has 5 rings (SSSR count). The number of carbonyl (C=O) groups is 1. The van der Waals surface area contributed by atoms with Crippen LogP contribution in [0.5, 0.6) is 11.5 Å². The highest BCUT2D eigenvalue weighted by molar-refractivity contribution is 6.33. The van der Waals surface area contributed by atoms with Crippen molar-refractivity contribution in [2.75, 3.05) is 5.32 Å². The number of carbonyl (C=O) groups excluding carboxylic acids is 1. The van der Waals surface area contributed by atoms with Gasteiger partial charge in [0.2, 0.25) is 5.89 Å². The van der Waals surface area contributed by atoms with E-state index in [9.17, 15) is 4.79 Å². The molecule has 0 fully saturated rings. The van der Waals surface area contributed by atoms with Crippen LogP contribution in [-0.2, 0) is 4.79 Å². The first-order valence-electron chi connectivity index (χ1n) is 10.6. The second kappa shape index (κ2) is 9.68. The summed E-state index contributed by atoms with van der Waals surface area (Å²) in [6.07, 6.45) is -1.26. The quantitative estimate of drug-likeness (QED) is 0.272. The molecule has 0 unspecified atom stereocenters. The molecule has 0 saturated heterocycles. The van der Waals surface area contributed by atoms with Gasteiger partial charge in [0.15, 0.2) is 5.58 Å². The second-order valence-corrected chi connectivity index (χ2v) is 7.77. The fourth-order valence-electron chi connectivity index (χ4n) is 3.32. The maximum atomic E-state index is 13.2. The van der Waals surface area contributed by atoms with Gasteiger partial charge in [-0.25, -0.2) is 4.98 Å². The molecule has 5 aromatic rings. The number of rotatable bonds is 7. The van der Waals surface area contributed by atoms with E-state index in [0.29, 0.717) is 39.2 Å². The molecule has 6 nitrogen and oxygen atoms in total. The van der Waals surface area contributed by atoms with E-state index in [1.54, 1.807) is 42.5 Å². The zero-order chi connectivity index (χ0) is 23.3. The molecule has 4 aromatic carbocycles. The number of anilines is 1. The van der Waals surface area contributed by atoms with Crippen molar-refractivity contribution >= 4 is 34.3 Å². The molecule has 0 atom stereocenters. The standard InChI is InChI=1S/C27H19ClN2O4/c28-21-16-15-18(26-30-22-13-7-8-14-24(22)34-26)17-23(21)29-25(31)27(32-19-9-3-1-4-10-19)33-20-11-5-2-6-12-20/h1-17,27H,(H,29,31). The second-order valence-electron chi connectivity index (χ2n) is 7.36. The van der Waals surface area contributed by atoms with Gasteiger partial charge in [-0.1, -0.05) is 60.1 Å². The molecule has 1 amide bonds. The Hall–Kier alpha value is -4.29. The van der Waals surface area contributed by atoms with Crippen molar-refractivity contribution in [1.82, 2.24) is 4.98 Å². The van der Waals surface area contributed by atoms with Gasteiger partial charge in [-0.15, -0.1) is 0 Å². The molecule has 0 aliphatic rings. The van der Waals surface area contributed by atoms with Crippen LogP contribution >= 0.6 is 11.6 Å². The summed E-state index contributed by atoms with van der Waals surface area (Å²) in [6.45, 7) is 0. The van der Waals surface area contributed by atoms with E-state index in [-0.39, 0.29) is 0 Å². The molecule has 7 heteroatoms. The summed E-state index contributed by atoms with van der Waals surface area (Å²) in [7, 11) is 0. The molecule has 0 radical (unpaired) electrons. The average Bonchev–Trinajstić information content (AvgIpc) is 3.31. The van der Waals surface area contributed by atoms with Crippen LogP contribution in [0.4, 0.5) is 5.69 Å². The first-order valence-corrected chi connectivity index (χ1v) is 10.9. The first kappa shape index (κ1) is 21.6. The largest absolute Gasteiger partial charge is 0.446 e. The number of oxazole rings is 1. The summed E-state index contributed by atoms with van der Waals surface area (Å²) in [5.41, 5.74) is 2.46. The number of aromatic nitrogens is 1. The normalized spacial score (nSPS) is 10.9. The number of nitrogens with one attached hydrogen (secondary N) is 1. The minimum Gasteiger partial charge on any atom is -0.446 e. The van der Waals surface area contributed by atoms with Gasteiger partial charge in [0.1, 0.15) is 17.0 Å². The molecule has 0 bridgehead atoms. The summed E-state index contributed by atoms with van der Waals surface area (Å²) in [5.74, 6) is 0.880. The molecule has 1 heterocycles. The number of nitrogens with zero attached hydrogens (tertiary/aromatic N) is 1. The van der Waals surface area contributed by atoms with E-state index in [2.05, 4.69) is 10.3 Å². The predicted octanol–water partition coefficient (Wildman–Crippen LogP) is 6.57. The summed E-state index contributed by atoms with van der Waals surface area (Å²) >= 11 is 6.38. The molecule has 0 saturated carbocycles. The number of hydrogen-bond acceptors (Lipinski definition) is 5. The number of ether oxygens (including phenoxy) is 2. The highest BCUT2D eigenvalue weighted by atomic mass is 35.5. The van der Waals surface area contributed by atoms with Gasteiger partial charge in [0.05, 0.1) is 10.7 Å². The number of fused-ring (bicyclic) bond motifs is 1. The van der Waals surface area contributed by atoms with E-state index in [1.165, 1.54) is 0 Å². The van der Waals surface area contributed by atoms with Crippen molar-refractivity contribution in [3.63, 3.8) is 0 Å². The SMILES string of the molecule is O=C(Nc1cc(-c2nc3ccccc3o2)ccc1Cl)C(Oc1ccccc1)Oc1ccccc1. The van der Waals surface area contributed by atoms with Gasteiger partial charge in [-0.3, -0.25) is 4.79 Å². The Labute approximate surface area is 200 Å². The van der Waals surface area contributed by atoms with Crippen molar-refractivity contribution in [3.8, 4) is 23.0 Å². The van der Waals surface area contributed by atoms with Gasteiger partial charge >= 0.3 is 12.2 Å². The lowest BCUT2D eigenvalue weighted by molar-refractivity contribution is -0.134. The van der Waals surface area contributed by atoms with E-state index in [1.807, 2.05) is 60.7 Å². The lowest BCUT2D eigenvalue weighted by atomic mass is 10.2. The Bertz CT molecular complexity index is 1350. The van der Waals surface area contributed by atoms with Crippen molar-refractivity contribution in [1.29, 1.82) is 0 Å². The smallest absolute Gasteiger partial charge is 0.321 e. The Morgan fingerprint density at radius 2 is 1.44 bits per heavy atom. The van der Waals surface area contributed by atoms with E-state index < -0.39 is 12.2 Å². The van der Waals surface area contributed by atoms with Crippen LogP contribution in [0.2, 0.25) is 5.02 Å². The van der Waals surface area contributed by atoms with Gasteiger partial charge in [-0.2, -0.15) is 0 Å². The van der Waals surface area contributed by atoms with E-state index in [4.69, 9.17) is 25.5 Å². The van der Waals surface area contributed by atoms with Crippen LogP contribution in [0, 0.1) is 0 Å². The zero-order valence-corrected chi connectivity index (χ0v) is 18.6. The summed E-state index contributed by atoms with van der Waals surface area (Å²) in [6, 6.07) is 30.6. The molecule has 1 N–H and O–H groups in total. The molecule has 168 valence electrons. The van der Waals surface area contributed by atoms with Crippen molar-refractivity contribution in [2.45, 2.75) is 6.29 Å². The van der Waals surface area contributed by atoms with Crippen LogP contribution in [0.1, 0.15) is 0 Å². The van der Waals surface area contributed by atoms with E-state index >= 15 is 0 Å². The summed E-state index contributed by atoms with van der Waals surface area (Å²) < 4.78 is 17.5. The molecule has 1 aromatic heterocycles. The van der Waals surface area contributed by atoms with Gasteiger partial charge in [-0.05, 0) is 54.6 Å². The first-order chi connectivity index (χ1) is 16.7. The summed E-state index contributed by atoms with van der Waals surface area (Å²) in [5, 5.41) is 3.16. The highest BCUT2D eigenvalue weighted by Crippen LogP contribution is 2.31. The van der Waals surface area contributed by atoms with Crippen LogP contribution in [0.25, 0.3) is 22.6 Å². The van der Waals surface area contributed by atoms with Crippen LogP contribution < -0.4 is 14.8 Å². The third kappa shape index (κ3) is 4.87. The number of para-hydroxylation sites is 4. The predicted molar refractivity (Wildman–Crippen MR) is 131 cm³/mol. The fraction of sp³-hybridized carbons (Fsp3) is 0.0370. The lowest BCUT2D eigenvalue weighted by Crippen LogP contribution is -2.38. The van der Waals surface area contributed by atoms with Gasteiger partial charge in [0.25, 0.3) is 0 Å².